The minimum absolute atomic E-state index is 0.0263. The van der Waals surface area contributed by atoms with Gasteiger partial charge in [-0.25, -0.2) is 4.39 Å². The summed E-state index contributed by atoms with van der Waals surface area (Å²) >= 11 is 1.28. The highest BCUT2D eigenvalue weighted by Gasteiger charge is 2.17. The molecule has 0 atom stereocenters. The summed E-state index contributed by atoms with van der Waals surface area (Å²) in [5, 5.41) is 9.00. The number of hydrogen-bond donors (Lipinski definition) is 0. The molecule has 0 saturated heterocycles. The fourth-order valence-corrected chi connectivity index (χ4v) is 3.05. The number of nitrogens with zero attached hydrogens (tertiary/aromatic N) is 5. The van der Waals surface area contributed by atoms with Crippen LogP contribution in [0, 0.1) is 5.82 Å². The highest BCUT2D eigenvalue weighted by molar-refractivity contribution is 7.99. The molecule has 1 aromatic carbocycles. The number of thioether (sulfide) groups is 1. The molecular weight excluding hydrogens is 341 g/mol. The van der Waals surface area contributed by atoms with Gasteiger partial charge in [-0.15, -0.1) is 10.2 Å². The molecule has 0 N–H and O–H groups in total. The second-order valence-electron chi connectivity index (χ2n) is 5.44. The van der Waals surface area contributed by atoms with E-state index in [2.05, 4.69) is 15.2 Å². The van der Waals surface area contributed by atoms with E-state index in [1.807, 2.05) is 6.07 Å². The van der Waals surface area contributed by atoms with Gasteiger partial charge in [-0.1, -0.05) is 11.8 Å². The van der Waals surface area contributed by atoms with Crippen molar-refractivity contribution in [3.8, 4) is 17.1 Å². The van der Waals surface area contributed by atoms with Gasteiger partial charge in [0, 0.05) is 37.7 Å². The van der Waals surface area contributed by atoms with Gasteiger partial charge >= 0.3 is 0 Å². The molecule has 0 aliphatic heterocycles. The first-order valence-electron chi connectivity index (χ1n) is 7.51. The smallest absolute Gasteiger partial charge is 0.232 e. The van der Waals surface area contributed by atoms with E-state index in [9.17, 15) is 9.18 Å². The molecule has 0 unspecified atom stereocenters. The van der Waals surface area contributed by atoms with Crippen molar-refractivity contribution in [3.05, 3.63) is 54.6 Å². The van der Waals surface area contributed by atoms with Crippen LogP contribution < -0.4 is 0 Å². The molecule has 3 rings (SSSR count). The lowest BCUT2D eigenvalue weighted by molar-refractivity contribution is -0.125. The summed E-state index contributed by atoms with van der Waals surface area (Å²) in [5.74, 6) is 0.470. The Bertz CT molecular complexity index is 865. The zero-order chi connectivity index (χ0) is 17.8. The normalized spacial score (nSPS) is 10.7. The van der Waals surface area contributed by atoms with Crippen LogP contribution in [0.2, 0.25) is 0 Å². The van der Waals surface area contributed by atoms with Crippen molar-refractivity contribution in [2.45, 2.75) is 5.16 Å². The molecule has 0 bridgehead atoms. The fraction of sp³-hybridized carbons (Fsp3) is 0.176. The molecule has 0 aliphatic rings. The Balaban J connectivity index is 2.02. The van der Waals surface area contributed by atoms with Crippen LogP contribution in [-0.4, -0.2) is 50.4 Å². The maximum atomic E-state index is 13.3. The maximum Gasteiger partial charge on any atom is 0.232 e. The minimum atomic E-state index is -0.322. The quantitative estimate of drug-likeness (QED) is 0.657. The summed E-state index contributed by atoms with van der Waals surface area (Å²) in [4.78, 5) is 17.5. The molecule has 1 amide bonds. The monoisotopic (exact) mass is 357 g/mol. The number of halogens is 1. The van der Waals surface area contributed by atoms with Crippen molar-refractivity contribution < 1.29 is 9.18 Å². The molecule has 6 nitrogen and oxygen atoms in total. The molecule has 0 spiro atoms. The van der Waals surface area contributed by atoms with Crippen LogP contribution in [0.4, 0.5) is 4.39 Å². The van der Waals surface area contributed by atoms with Gasteiger partial charge in [0.1, 0.15) is 5.82 Å². The van der Waals surface area contributed by atoms with Crippen molar-refractivity contribution in [3.63, 3.8) is 0 Å². The third-order valence-corrected chi connectivity index (χ3v) is 4.38. The van der Waals surface area contributed by atoms with Gasteiger partial charge in [-0.05, 0) is 36.4 Å². The van der Waals surface area contributed by atoms with E-state index in [1.54, 1.807) is 49.3 Å². The lowest BCUT2D eigenvalue weighted by atomic mass is 10.2. The molecule has 8 heteroatoms. The topological polar surface area (TPSA) is 63.9 Å². The van der Waals surface area contributed by atoms with Crippen LogP contribution in [0.1, 0.15) is 0 Å². The first kappa shape index (κ1) is 17.1. The number of aromatic nitrogens is 4. The van der Waals surface area contributed by atoms with Gasteiger partial charge in [0.2, 0.25) is 5.91 Å². The number of rotatable bonds is 5. The van der Waals surface area contributed by atoms with Crippen molar-refractivity contribution in [1.82, 2.24) is 24.6 Å². The zero-order valence-corrected chi connectivity index (χ0v) is 14.6. The van der Waals surface area contributed by atoms with E-state index >= 15 is 0 Å². The zero-order valence-electron chi connectivity index (χ0n) is 13.8. The molecule has 2 aromatic heterocycles. The summed E-state index contributed by atoms with van der Waals surface area (Å²) in [6.45, 7) is 0. The fourth-order valence-electron chi connectivity index (χ4n) is 2.12. The van der Waals surface area contributed by atoms with Gasteiger partial charge in [0.25, 0.3) is 0 Å². The molecule has 0 radical (unpaired) electrons. The summed E-state index contributed by atoms with van der Waals surface area (Å²) < 4.78 is 15.1. The summed E-state index contributed by atoms with van der Waals surface area (Å²) in [6.07, 6.45) is 3.36. The molecule has 2 heterocycles. The lowest BCUT2D eigenvalue weighted by Gasteiger charge is -2.12. The average Bonchev–Trinajstić information content (AvgIpc) is 3.05. The Kier molecular flexibility index (Phi) is 5.08. The third-order valence-electron chi connectivity index (χ3n) is 3.46. The van der Waals surface area contributed by atoms with Gasteiger partial charge in [0.15, 0.2) is 11.0 Å². The van der Waals surface area contributed by atoms with Gasteiger partial charge in [-0.3, -0.25) is 14.3 Å². The standard InChI is InChI=1S/C17H16FN5OS/c1-22(2)15(24)11-25-17-21-20-16(12-4-3-9-19-10-12)23(17)14-7-5-13(18)6-8-14/h3-10H,11H2,1-2H3. The van der Waals surface area contributed by atoms with Crippen molar-refractivity contribution in [1.29, 1.82) is 0 Å². The Morgan fingerprint density at radius 3 is 2.60 bits per heavy atom. The number of amides is 1. The summed E-state index contributed by atoms with van der Waals surface area (Å²) in [5.41, 5.74) is 1.50. The number of carbonyl (C=O) groups excluding carboxylic acids is 1. The van der Waals surface area contributed by atoms with E-state index in [0.29, 0.717) is 16.7 Å². The molecule has 3 aromatic rings. The predicted octanol–water partition coefficient (Wildman–Crippen LogP) is 2.65. The first-order chi connectivity index (χ1) is 12.1. The van der Waals surface area contributed by atoms with E-state index in [1.165, 1.54) is 28.8 Å². The number of hydrogen-bond acceptors (Lipinski definition) is 5. The molecule has 0 fully saturated rings. The molecule has 25 heavy (non-hydrogen) atoms. The van der Waals surface area contributed by atoms with Crippen LogP contribution in [-0.2, 0) is 4.79 Å². The number of carbonyl (C=O) groups is 1. The van der Waals surface area contributed by atoms with Crippen LogP contribution >= 0.6 is 11.8 Å². The Hall–Kier alpha value is -2.74. The molecule has 128 valence electrons. The highest BCUT2D eigenvalue weighted by atomic mass is 32.2. The summed E-state index contributed by atoms with van der Waals surface area (Å²) in [7, 11) is 3.41. The van der Waals surface area contributed by atoms with Gasteiger partial charge in [-0.2, -0.15) is 0 Å². The molecular formula is C17H16FN5OS. The van der Waals surface area contributed by atoms with E-state index < -0.39 is 0 Å². The minimum Gasteiger partial charge on any atom is -0.348 e. The highest BCUT2D eigenvalue weighted by Crippen LogP contribution is 2.27. The van der Waals surface area contributed by atoms with Gasteiger partial charge < -0.3 is 4.90 Å². The molecule has 0 saturated carbocycles. The van der Waals surface area contributed by atoms with Crippen molar-refractivity contribution in [2.24, 2.45) is 0 Å². The van der Waals surface area contributed by atoms with Crippen molar-refractivity contribution in [2.75, 3.05) is 19.8 Å². The third kappa shape index (κ3) is 3.85. The number of benzene rings is 1. The van der Waals surface area contributed by atoms with Crippen LogP contribution in [0.5, 0.6) is 0 Å². The van der Waals surface area contributed by atoms with E-state index in [0.717, 1.165) is 5.56 Å². The van der Waals surface area contributed by atoms with E-state index in [-0.39, 0.29) is 17.5 Å². The average molecular weight is 357 g/mol. The van der Waals surface area contributed by atoms with Crippen LogP contribution in [0.3, 0.4) is 0 Å². The Labute approximate surface area is 148 Å². The van der Waals surface area contributed by atoms with Crippen molar-refractivity contribution >= 4 is 17.7 Å². The van der Waals surface area contributed by atoms with Gasteiger partial charge in [0.05, 0.1) is 5.75 Å². The SMILES string of the molecule is CN(C)C(=O)CSc1nnc(-c2cccnc2)n1-c1ccc(F)cc1. The maximum absolute atomic E-state index is 13.3. The second-order valence-corrected chi connectivity index (χ2v) is 6.38. The van der Waals surface area contributed by atoms with E-state index in [4.69, 9.17) is 0 Å². The first-order valence-corrected chi connectivity index (χ1v) is 8.49. The second kappa shape index (κ2) is 7.43. The number of pyridine rings is 1. The molecule has 0 aliphatic carbocycles. The van der Waals surface area contributed by atoms with Crippen LogP contribution in [0.15, 0.2) is 53.9 Å². The largest absolute Gasteiger partial charge is 0.348 e. The lowest BCUT2D eigenvalue weighted by Crippen LogP contribution is -2.23. The van der Waals surface area contributed by atoms with Crippen LogP contribution in [0.25, 0.3) is 17.1 Å². The Morgan fingerprint density at radius 2 is 1.96 bits per heavy atom. The Morgan fingerprint density at radius 1 is 1.20 bits per heavy atom. The predicted molar refractivity (Wildman–Crippen MR) is 94.0 cm³/mol. The summed E-state index contributed by atoms with van der Waals surface area (Å²) in [6, 6.07) is 9.73.